The van der Waals surface area contributed by atoms with Gasteiger partial charge in [-0.1, -0.05) is 123 Å². The van der Waals surface area contributed by atoms with Gasteiger partial charge < -0.3 is 9.47 Å². The molecule has 2 heteroatoms. The predicted octanol–water partition coefficient (Wildman–Crippen LogP) is 13.4. The molecule has 0 spiro atoms. The molecule has 0 N–H and O–H groups in total. The van der Waals surface area contributed by atoms with Crippen molar-refractivity contribution in [3.63, 3.8) is 0 Å². The second-order valence-electron chi connectivity index (χ2n) is 14.5. The number of hydrogen-bond acceptors (Lipinski definition) is 1. The second kappa shape index (κ2) is 10.3. The minimum absolute atomic E-state index is 0.0273. The fraction of sp³-hybridized carbons (Fsp3) is 0.0612. The predicted molar refractivity (Wildman–Crippen MR) is 215 cm³/mol. The van der Waals surface area contributed by atoms with E-state index in [1.165, 1.54) is 77.1 Å². The van der Waals surface area contributed by atoms with Crippen LogP contribution in [-0.2, 0) is 5.41 Å². The van der Waals surface area contributed by atoms with Crippen molar-refractivity contribution in [1.82, 2.24) is 4.57 Å². The first-order valence-electron chi connectivity index (χ1n) is 17.9. The molecule has 0 fully saturated rings. The maximum atomic E-state index is 2.46. The van der Waals surface area contributed by atoms with Crippen LogP contribution in [0.25, 0.3) is 71.6 Å². The van der Waals surface area contributed by atoms with E-state index in [9.17, 15) is 0 Å². The highest BCUT2D eigenvalue weighted by Crippen LogP contribution is 2.52. The van der Waals surface area contributed by atoms with E-state index >= 15 is 0 Å². The van der Waals surface area contributed by atoms with Gasteiger partial charge in [0, 0.05) is 38.9 Å². The average Bonchev–Trinajstić information content (AvgIpc) is 3.59. The summed E-state index contributed by atoms with van der Waals surface area (Å²) in [5.41, 5.74) is 17.6. The van der Waals surface area contributed by atoms with Crippen molar-refractivity contribution in [1.29, 1.82) is 0 Å². The van der Waals surface area contributed by atoms with Crippen molar-refractivity contribution in [3.05, 3.63) is 181 Å². The molecule has 11 rings (SSSR count). The van der Waals surface area contributed by atoms with Gasteiger partial charge in [0.2, 0.25) is 0 Å². The van der Waals surface area contributed by atoms with Crippen LogP contribution in [0.1, 0.15) is 25.0 Å². The Kier molecular flexibility index (Phi) is 5.76. The number of rotatable bonds is 4. The van der Waals surface area contributed by atoms with Crippen LogP contribution in [0.15, 0.2) is 170 Å². The molecule has 0 saturated carbocycles. The van der Waals surface area contributed by atoms with Crippen LogP contribution in [0.5, 0.6) is 0 Å². The van der Waals surface area contributed by atoms with Crippen LogP contribution in [0.3, 0.4) is 0 Å². The van der Waals surface area contributed by atoms with E-state index in [0.717, 1.165) is 22.7 Å². The molecule has 51 heavy (non-hydrogen) atoms. The van der Waals surface area contributed by atoms with Crippen LogP contribution >= 0.6 is 0 Å². The zero-order valence-corrected chi connectivity index (χ0v) is 28.6. The van der Waals surface area contributed by atoms with E-state index < -0.39 is 0 Å². The van der Waals surface area contributed by atoms with Crippen molar-refractivity contribution >= 4 is 49.6 Å². The van der Waals surface area contributed by atoms with Gasteiger partial charge in [0.1, 0.15) is 0 Å². The van der Waals surface area contributed by atoms with E-state index in [0.29, 0.717) is 0 Å². The van der Waals surface area contributed by atoms with Gasteiger partial charge in [0.25, 0.3) is 0 Å². The van der Waals surface area contributed by atoms with Gasteiger partial charge in [-0.15, -0.1) is 0 Å². The Hall–Kier alpha value is -6.38. The first kappa shape index (κ1) is 28.5. The van der Waals surface area contributed by atoms with E-state index in [-0.39, 0.29) is 5.41 Å². The molecule has 2 nitrogen and oxygen atoms in total. The van der Waals surface area contributed by atoms with Crippen LogP contribution in [0.2, 0.25) is 0 Å². The summed E-state index contributed by atoms with van der Waals surface area (Å²) in [6.07, 6.45) is 0. The van der Waals surface area contributed by atoms with Crippen LogP contribution in [-0.4, -0.2) is 4.57 Å². The fourth-order valence-corrected chi connectivity index (χ4v) is 9.23. The lowest BCUT2D eigenvalue weighted by Crippen LogP contribution is -2.15. The standard InChI is InChI=1S/C49H34N2/c1-49(2)42-20-9-8-17-38(42)41-30-35(27-28-43(41)49)50(32-13-4-3-5-14-32)33-23-25-34(26-24-33)51-44-21-11-19-40-37-16-7-6-15-36(37)39-18-10-12-31-22-29-45(51)48(46(31)39)47(40)44/h3-30H,1-2H3. The Morgan fingerprint density at radius 2 is 0.980 bits per heavy atom. The van der Waals surface area contributed by atoms with Gasteiger partial charge in [-0.3, -0.25) is 0 Å². The molecule has 0 aliphatic heterocycles. The highest BCUT2D eigenvalue weighted by Gasteiger charge is 2.35. The lowest BCUT2D eigenvalue weighted by molar-refractivity contribution is 0.660. The smallest absolute Gasteiger partial charge is 0.0547 e. The molecule has 0 unspecified atom stereocenters. The topological polar surface area (TPSA) is 8.17 Å². The monoisotopic (exact) mass is 650 g/mol. The van der Waals surface area contributed by atoms with Crippen molar-refractivity contribution in [2.45, 2.75) is 19.3 Å². The summed E-state index contributed by atoms with van der Waals surface area (Å²) in [6, 6.07) is 62.8. The maximum absolute atomic E-state index is 2.46. The summed E-state index contributed by atoms with van der Waals surface area (Å²) < 4.78 is 2.46. The number of para-hydroxylation sites is 1. The summed E-state index contributed by atoms with van der Waals surface area (Å²) in [5.74, 6) is 0. The van der Waals surface area contributed by atoms with Crippen LogP contribution < -0.4 is 4.90 Å². The number of anilines is 3. The van der Waals surface area contributed by atoms with Gasteiger partial charge in [-0.05, 0) is 116 Å². The zero-order valence-electron chi connectivity index (χ0n) is 28.6. The minimum atomic E-state index is -0.0273. The molecule has 0 radical (unpaired) electrons. The fourth-order valence-electron chi connectivity index (χ4n) is 9.23. The first-order chi connectivity index (χ1) is 25.1. The van der Waals surface area contributed by atoms with Crippen molar-refractivity contribution < 1.29 is 0 Å². The molecule has 2 aliphatic rings. The number of benzene rings is 8. The number of fused-ring (bicyclic) bond motifs is 6. The summed E-state index contributed by atoms with van der Waals surface area (Å²) >= 11 is 0. The molecule has 0 bridgehead atoms. The largest absolute Gasteiger partial charge is 0.310 e. The Balaban J connectivity index is 1.11. The third-order valence-electron chi connectivity index (χ3n) is 11.5. The number of aromatic nitrogens is 1. The van der Waals surface area contributed by atoms with Gasteiger partial charge >= 0.3 is 0 Å². The maximum Gasteiger partial charge on any atom is 0.0547 e. The first-order valence-corrected chi connectivity index (χ1v) is 17.9. The molecule has 0 atom stereocenters. The van der Waals surface area contributed by atoms with Crippen molar-refractivity contribution in [2.75, 3.05) is 4.90 Å². The Labute approximate surface area is 297 Å². The molecule has 0 amide bonds. The third-order valence-corrected chi connectivity index (χ3v) is 11.5. The van der Waals surface area contributed by atoms with Gasteiger partial charge in [-0.2, -0.15) is 0 Å². The molecular formula is C49H34N2. The lowest BCUT2D eigenvalue weighted by Gasteiger charge is -2.27. The Bertz CT molecular complexity index is 2870. The molecule has 240 valence electrons. The summed E-state index contributed by atoms with van der Waals surface area (Å²) in [6.45, 7) is 4.68. The normalized spacial score (nSPS) is 13.5. The Morgan fingerprint density at radius 1 is 0.392 bits per heavy atom. The second-order valence-corrected chi connectivity index (χ2v) is 14.5. The summed E-state index contributed by atoms with van der Waals surface area (Å²) in [7, 11) is 0. The molecular weight excluding hydrogens is 617 g/mol. The van der Waals surface area contributed by atoms with Crippen LogP contribution in [0, 0.1) is 0 Å². The van der Waals surface area contributed by atoms with E-state index in [4.69, 9.17) is 0 Å². The van der Waals surface area contributed by atoms with E-state index in [1.807, 2.05) is 0 Å². The Morgan fingerprint density at radius 3 is 1.76 bits per heavy atom. The van der Waals surface area contributed by atoms with Gasteiger partial charge in [0.15, 0.2) is 0 Å². The summed E-state index contributed by atoms with van der Waals surface area (Å²) in [5, 5.41) is 5.28. The highest BCUT2D eigenvalue weighted by molar-refractivity contribution is 6.30. The van der Waals surface area contributed by atoms with E-state index in [1.54, 1.807) is 0 Å². The zero-order chi connectivity index (χ0) is 33.8. The minimum Gasteiger partial charge on any atom is -0.310 e. The van der Waals surface area contributed by atoms with Crippen molar-refractivity contribution in [3.8, 4) is 39.1 Å². The number of hydrogen-bond donors (Lipinski definition) is 0. The summed E-state index contributed by atoms with van der Waals surface area (Å²) in [4.78, 5) is 2.39. The average molecular weight is 651 g/mol. The van der Waals surface area contributed by atoms with Gasteiger partial charge in [-0.25, -0.2) is 0 Å². The highest BCUT2D eigenvalue weighted by atomic mass is 15.1. The third kappa shape index (κ3) is 3.88. The molecule has 0 saturated heterocycles. The van der Waals surface area contributed by atoms with Crippen molar-refractivity contribution in [2.24, 2.45) is 0 Å². The molecule has 2 aliphatic carbocycles. The SMILES string of the molecule is CC1(C)c2ccccc2-c2cc(N(c3ccccc3)c3ccc(-n4c5cccc6c5c5c7c(cccc7ccc54)-c4ccccc4-6)cc3)ccc21. The molecule has 1 aromatic heterocycles. The molecule has 9 aromatic rings. The van der Waals surface area contributed by atoms with E-state index in [2.05, 4.69) is 193 Å². The van der Waals surface area contributed by atoms with Gasteiger partial charge in [0.05, 0.1) is 11.0 Å². The molecule has 8 aromatic carbocycles. The number of nitrogens with zero attached hydrogens (tertiary/aromatic N) is 2. The lowest BCUT2D eigenvalue weighted by atomic mass is 9.82. The molecule has 1 heterocycles. The van der Waals surface area contributed by atoms with Crippen LogP contribution in [0.4, 0.5) is 17.1 Å². The quantitative estimate of drug-likeness (QED) is 0.184.